The van der Waals surface area contributed by atoms with Crippen molar-refractivity contribution in [2.45, 2.75) is 6.04 Å². The highest BCUT2D eigenvalue weighted by molar-refractivity contribution is 5.52. The molecule has 1 atom stereocenters. The molecule has 1 fully saturated rings. The van der Waals surface area contributed by atoms with Crippen molar-refractivity contribution >= 4 is 0 Å². The van der Waals surface area contributed by atoms with E-state index in [1.807, 2.05) is 18.2 Å². The number of pyridine rings is 1. The maximum Gasteiger partial charge on any atom is 0.248 e. The van der Waals surface area contributed by atoms with Crippen molar-refractivity contribution in [3.8, 4) is 11.4 Å². The van der Waals surface area contributed by atoms with Crippen LogP contribution in [0.25, 0.3) is 11.4 Å². The monoisotopic (exact) mass is 335 g/mol. The number of aromatic nitrogens is 3. The third-order valence-corrected chi connectivity index (χ3v) is 4.61. The largest absolute Gasteiger partial charge is 0.337 e. The SMILES string of the molecule is CN1CCN([C@@H](c2ccccc2)c2nc(-c3cccnc3)no2)CC1. The Labute approximate surface area is 147 Å². The lowest BCUT2D eigenvalue weighted by atomic mass is 10.0. The third-order valence-electron chi connectivity index (χ3n) is 4.61. The van der Waals surface area contributed by atoms with Crippen LogP contribution in [-0.4, -0.2) is 58.2 Å². The summed E-state index contributed by atoms with van der Waals surface area (Å²) in [4.78, 5) is 13.6. The second-order valence-corrected chi connectivity index (χ2v) is 6.35. The minimum Gasteiger partial charge on any atom is -0.337 e. The van der Waals surface area contributed by atoms with Crippen LogP contribution in [0.4, 0.5) is 0 Å². The second-order valence-electron chi connectivity index (χ2n) is 6.35. The first-order valence-electron chi connectivity index (χ1n) is 8.53. The zero-order valence-electron chi connectivity index (χ0n) is 14.2. The van der Waals surface area contributed by atoms with Gasteiger partial charge in [0.25, 0.3) is 0 Å². The highest BCUT2D eigenvalue weighted by Gasteiger charge is 2.30. The molecule has 0 radical (unpaired) electrons. The van der Waals surface area contributed by atoms with Gasteiger partial charge in [0.05, 0.1) is 0 Å². The summed E-state index contributed by atoms with van der Waals surface area (Å²) in [5.74, 6) is 1.22. The van der Waals surface area contributed by atoms with Gasteiger partial charge in [-0.2, -0.15) is 4.98 Å². The van der Waals surface area contributed by atoms with Gasteiger partial charge in [-0.05, 0) is 24.7 Å². The van der Waals surface area contributed by atoms with Crippen LogP contribution in [-0.2, 0) is 0 Å². The molecule has 1 aliphatic rings. The van der Waals surface area contributed by atoms with Gasteiger partial charge in [0.1, 0.15) is 6.04 Å². The highest BCUT2D eigenvalue weighted by atomic mass is 16.5. The lowest BCUT2D eigenvalue weighted by Crippen LogP contribution is -2.46. The molecule has 0 amide bonds. The minimum absolute atomic E-state index is 0.0205. The molecule has 0 bridgehead atoms. The van der Waals surface area contributed by atoms with Gasteiger partial charge >= 0.3 is 0 Å². The fraction of sp³-hybridized carbons (Fsp3) is 0.316. The predicted molar refractivity (Wildman–Crippen MR) is 94.9 cm³/mol. The molecule has 25 heavy (non-hydrogen) atoms. The van der Waals surface area contributed by atoms with Gasteiger partial charge < -0.3 is 9.42 Å². The number of hydrogen-bond acceptors (Lipinski definition) is 6. The molecule has 3 aromatic rings. The van der Waals surface area contributed by atoms with Gasteiger partial charge in [0, 0.05) is 44.1 Å². The molecule has 2 aromatic heterocycles. The van der Waals surface area contributed by atoms with E-state index < -0.39 is 0 Å². The van der Waals surface area contributed by atoms with E-state index in [1.54, 1.807) is 12.4 Å². The van der Waals surface area contributed by atoms with Crippen LogP contribution in [0.3, 0.4) is 0 Å². The van der Waals surface area contributed by atoms with Gasteiger partial charge in [0.15, 0.2) is 0 Å². The highest BCUT2D eigenvalue weighted by Crippen LogP contribution is 2.29. The fourth-order valence-electron chi connectivity index (χ4n) is 3.18. The van der Waals surface area contributed by atoms with Gasteiger partial charge in [-0.25, -0.2) is 0 Å². The molecule has 0 unspecified atom stereocenters. The number of piperazine rings is 1. The Kier molecular flexibility index (Phi) is 4.54. The average molecular weight is 335 g/mol. The van der Waals surface area contributed by atoms with Crippen LogP contribution in [0.15, 0.2) is 59.4 Å². The Balaban J connectivity index is 1.68. The van der Waals surface area contributed by atoms with Crippen molar-refractivity contribution in [3.63, 3.8) is 0 Å². The summed E-state index contributed by atoms with van der Waals surface area (Å²) in [7, 11) is 2.15. The Morgan fingerprint density at radius 3 is 2.52 bits per heavy atom. The van der Waals surface area contributed by atoms with Gasteiger partial charge in [0.2, 0.25) is 11.7 Å². The molecule has 4 rings (SSSR count). The first-order valence-corrected chi connectivity index (χ1v) is 8.53. The Hall–Kier alpha value is -2.57. The molecule has 0 N–H and O–H groups in total. The lowest BCUT2D eigenvalue weighted by Gasteiger charge is -2.36. The molecule has 128 valence electrons. The Morgan fingerprint density at radius 1 is 1.00 bits per heavy atom. The molecule has 0 saturated carbocycles. The second kappa shape index (κ2) is 7.13. The van der Waals surface area contributed by atoms with E-state index in [0.717, 1.165) is 31.7 Å². The van der Waals surface area contributed by atoms with E-state index in [1.165, 1.54) is 5.56 Å². The third kappa shape index (κ3) is 3.45. The van der Waals surface area contributed by atoms with Gasteiger partial charge in [-0.1, -0.05) is 35.5 Å². The summed E-state index contributed by atoms with van der Waals surface area (Å²) in [5, 5.41) is 4.18. The van der Waals surface area contributed by atoms with Crippen LogP contribution >= 0.6 is 0 Å². The predicted octanol–water partition coefficient (Wildman–Crippen LogP) is 2.47. The summed E-state index contributed by atoms with van der Waals surface area (Å²) < 4.78 is 5.67. The molecule has 1 aliphatic heterocycles. The Bertz CT molecular complexity index is 797. The van der Waals surface area contributed by atoms with Crippen molar-refractivity contribution in [3.05, 3.63) is 66.3 Å². The number of likely N-dealkylation sites (N-methyl/N-ethyl adjacent to an activating group) is 1. The van der Waals surface area contributed by atoms with Crippen LogP contribution < -0.4 is 0 Å². The topological polar surface area (TPSA) is 58.3 Å². The molecule has 0 aliphatic carbocycles. The summed E-state index contributed by atoms with van der Waals surface area (Å²) in [6.45, 7) is 4.02. The van der Waals surface area contributed by atoms with Crippen LogP contribution in [0.1, 0.15) is 17.5 Å². The Morgan fingerprint density at radius 2 is 1.80 bits per heavy atom. The van der Waals surface area contributed by atoms with E-state index >= 15 is 0 Å². The number of nitrogens with zero attached hydrogens (tertiary/aromatic N) is 5. The van der Waals surface area contributed by atoms with Crippen molar-refractivity contribution in [1.82, 2.24) is 24.9 Å². The van der Waals surface area contributed by atoms with Crippen LogP contribution in [0.2, 0.25) is 0 Å². The normalized spacial score (nSPS) is 17.5. The molecule has 3 heterocycles. The summed E-state index contributed by atoms with van der Waals surface area (Å²) in [6.07, 6.45) is 3.49. The number of benzene rings is 1. The zero-order valence-corrected chi connectivity index (χ0v) is 14.2. The molecular formula is C19H21N5O. The smallest absolute Gasteiger partial charge is 0.248 e. The molecule has 1 aromatic carbocycles. The maximum absolute atomic E-state index is 5.67. The van der Waals surface area contributed by atoms with Crippen molar-refractivity contribution in [1.29, 1.82) is 0 Å². The minimum atomic E-state index is -0.0205. The van der Waals surface area contributed by atoms with Gasteiger partial charge in [-0.15, -0.1) is 0 Å². The summed E-state index contributed by atoms with van der Waals surface area (Å²) >= 11 is 0. The zero-order chi connectivity index (χ0) is 17.1. The van der Waals surface area contributed by atoms with E-state index in [2.05, 4.69) is 56.2 Å². The quantitative estimate of drug-likeness (QED) is 0.730. The van der Waals surface area contributed by atoms with Crippen LogP contribution in [0.5, 0.6) is 0 Å². The first kappa shape index (κ1) is 15.9. The van der Waals surface area contributed by atoms with E-state index in [4.69, 9.17) is 4.52 Å². The summed E-state index contributed by atoms with van der Waals surface area (Å²) in [6, 6.07) is 14.2. The molecule has 0 spiro atoms. The molecular weight excluding hydrogens is 314 g/mol. The van der Waals surface area contributed by atoms with Crippen molar-refractivity contribution in [2.75, 3.05) is 33.2 Å². The van der Waals surface area contributed by atoms with E-state index in [0.29, 0.717) is 11.7 Å². The molecule has 6 nitrogen and oxygen atoms in total. The van der Waals surface area contributed by atoms with E-state index in [-0.39, 0.29) is 6.04 Å². The van der Waals surface area contributed by atoms with Crippen molar-refractivity contribution < 1.29 is 4.52 Å². The van der Waals surface area contributed by atoms with Gasteiger partial charge in [-0.3, -0.25) is 9.88 Å². The summed E-state index contributed by atoms with van der Waals surface area (Å²) in [5.41, 5.74) is 2.04. The van der Waals surface area contributed by atoms with Crippen LogP contribution in [0, 0.1) is 0 Å². The van der Waals surface area contributed by atoms with E-state index in [9.17, 15) is 0 Å². The maximum atomic E-state index is 5.67. The number of rotatable bonds is 4. The number of hydrogen-bond donors (Lipinski definition) is 0. The molecule has 6 heteroatoms. The molecule has 1 saturated heterocycles. The fourth-order valence-corrected chi connectivity index (χ4v) is 3.18. The first-order chi connectivity index (χ1) is 12.3. The van der Waals surface area contributed by atoms with Crippen molar-refractivity contribution in [2.24, 2.45) is 0 Å². The lowest BCUT2D eigenvalue weighted by molar-refractivity contribution is 0.111. The average Bonchev–Trinajstić information content (AvgIpc) is 3.15. The standard InChI is InChI=1S/C19H21N5O/c1-23-10-12-24(13-11-23)17(15-6-3-2-4-7-15)19-21-18(22-25-19)16-8-5-9-20-14-16/h2-9,14,17H,10-13H2,1H3/t17-/m0/s1.